The number of halogens is 1. The molecule has 20 heavy (non-hydrogen) atoms. The molecule has 2 heterocycles. The van der Waals surface area contributed by atoms with E-state index in [4.69, 9.17) is 5.26 Å². The Hall–Kier alpha value is -2.45. The second kappa shape index (κ2) is 4.91. The van der Waals surface area contributed by atoms with Crippen LogP contribution >= 0.6 is 0 Å². The van der Waals surface area contributed by atoms with Crippen molar-refractivity contribution in [3.05, 3.63) is 63.3 Å². The largest absolute Gasteiger partial charge is 0.312 e. The van der Waals surface area contributed by atoms with Gasteiger partial charge in [-0.15, -0.1) is 0 Å². The van der Waals surface area contributed by atoms with E-state index in [1.54, 1.807) is 24.3 Å². The number of para-hydroxylation sites is 1. The number of nitriles is 1. The van der Waals surface area contributed by atoms with Gasteiger partial charge in [0, 0.05) is 25.2 Å². The van der Waals surface area contributed by atoms with Crippen molar-refractivity contribution in [1.29, 1.82) is 5.26 Å². The molecule has 1 aliphatic heterocycles. The Morgan fingerprint density at radius 3 is 2.90 bits per heavy atom. The lowest BCUT2D eigenvalue weighted by Crippen LogP contribution is -2.33. The smallest absolute Gasteiger partial charge is 0.273 e. The third-order valence-electron chi connectivity index (χ3n) is 3.46. The Morgan fingerprint density at radius 2 is 2.15 bits per heavy atom. The van der Waals surface area contributed by atoms with Crippen molar-refractivity contribution in [1.82, 2.24) is 9.88 Å². The Balaban J connectivity index is 2.37. The Kier molecular flexibility index (Phi) is 3.09. The van der Waals surface area contributed by atoms with Crippen LogP contribution < -0.4 is 10.9 Å². The van der Waals surface area contributed by atoms with Crippen LogP contribution in [0.15, 0.2) is 35.1 Å². The fraction of sp³-hybridized carbons (Fsp3) is 0.200. The van der Waals surface area contributed by atoms with Crippen molar-refractivity contribution in [2.45, 2.75) is 13.0 Å². The van der Waals surface area contributed by atoms with E-state index in [-0.39, 0.29) is 11.3 Å². The highest BCUT2D eigenvalue weighted by Crippen LogP contribution is 2.19. The zero-order valence-electron chi connectivity index (χ0n) is 10.7. The molecule has 0 spiro atoms. The summed E-state index contributed by atoms with van der Waals surface area (Å²) < 4.78 is 15.3. The van der Waals surface area contributed by atoms with E-state index < -0.39 is 11.4 Å². The normalized spacial score (nSPS) is 13.6. The highest BCUT2D eigenvalue weighted by Gasteiger charge is 2.19. The van der Waals surface area contributed by atoms with Crippen LogP contribution in [0.3, 0.4) is 0 Å². The molecule has 4 nitrogen and oxygen atoms in total. The molecule has 1 aliphatic rings. The Morgan fingerprint density at radius 1 is 1.35 bits per heavy atom. The van der Waals surface area contributed by atoms with Gasteiger partial charge in [-0.05, 0) is 23.8 Å². The topological polar surface area (TPSA) is 57.8 Å². The second-order valence-corrected chi connectivity index (χ2v) is 4.66. The molecule has 0 bridgehead atoms. The average Bonchev–Trinajstić information content (AvgIpc) is 2.48. The van der Waals surface area contributed by atoms with Crippen molar-refractivity contribution in [2.24, 2.45) is 0 Å². The number of nitrogens with zero attached hydrogens (tertiary/aromatic N) is 2. The fourth-order valence-corrected chi connectivity index (χ4v) is 2.53. The number of hydrogen-bond acceptors (Lipinski definition) is 3. The van der Waals surface area contributed by atoms with Gasteiger partial charge in [0.25, 0.3) is 5.56 Å². The summed E-state index contributed by atoms with van der Waals surface area (Å²) >= 11 is 0. The number of rotatable bonds is 1. The first-order chi connectivity index (χ1) is 9.72. The van der Waals surface area contributed by atoms with Gasteiger partial charge in [0.15, 0.2) is 0 Å². The third kappa shape index (κ3) is 1.91. The van der Waals surface area contributed by atoms with Crippen molar-refractivity contribution < 1.29 is 4.39 Å². The summed E-state index contributed by atoms with van der Waals surface area (Å²) in [5, 5.41) is 12.3. The van der Waals surface area contributed by atoms with Gasteiger partial charge in [-0.2, -0.15) is 5.26 Å². The fourth-order valence-electron chi connectivity index (χ4n) is 2.53. The van der Waals surface area contributed by atoms with Crippen LogP contribution in [0.25, 0.3) is 5.69 Å². The molecule has 1 aromatic heterocycles. The van der Waals surface area contributed by atoms with Gasteiger partial charge in [-0.25, -0.2) is 4.39 Å². The van der Waals surface area contributed by atoms with Crippen LogP contribution in [0, 0.1) is 17.1 Å². The van der Waals surface area contributed by atoms with E-state index in [0.29, 0.717) is 13.0 Å². The van der Waals surface area contributed by atoms with E-state index in [1.165, 1.54) is 10.6 Å². The molecule has 0 saturated carbocycles. The lowest BCUT2D eigenvalue weighted by Gasteiger charge is -2.22. The minimum absolute atomic E-state index is 0.0377. The molecule has 0 radical (unpaired) electrons. The molecule has 0 aliphatic carbocycles. The molecule has 100 valence electrons. The van der Waals surface area contributed by atoms with Gasteiger partial charge in [-0.1, -0.05) is 12.1 Å². The number of pyridine rings is 1. The van der Waals surface area contributed by atoms with E-state index in [0.717, 1.165) is 17.8 Å². The molecule has 2 aromatic rings. The summed E-state index contributed by atoms with van der Waals surface area (Å²) in [6.07, 6.45) is 0.630. The number of nitrogens with one attached hydrogen (secondary N) is 1. The van der Waals surface area contributed by atoms with Gasteiger partial charge < -0.3 is 5.32 Å². The third-order valence-corrected chi connectivity index (χ3v) is 3.46. The molecule has 0 atom stereocenters. The van der Waals surface area contributed by atoms with Crippen LogP contribution in [0.5, 0.6) is 0 Å². The number of hydrogen-bond donors (Lipinski definition) is 1. The summed E-state index contributed by atoms with van der Waals surface area (Å²) in [4.78, 5) is 12.4. The van der Waals surface area contributed by atoms with E-state index in [9.17, 15) is 9.18 Å². The maximum atomic E-state index is 14.0. The van der Waals surface area contributed by atoms with Crippen LogP contribution in [-0.4, -0.2) is 11.1 Å². The maximum Gasteiger partial charge on any atom is 0.273 e. The highest BCUT2D eigenvalue weighted by atomic mass is 19.1. The van der Waals surface area contributed by atoms with Crippen molar-refractivity contribution in [3.63, 3.8) is 0 Å². The number of benzene rings is 1. The number of fused-ring (bicyclic) bond motifs is 1. The lowest BCUT2D eigenvalue weighted by atomic mass is 10.0. The van der Waals surface area contributed by atoms with Crippen LogP contribution in [0.2, 0.25) is 0 Å². The molecular weight excluding hydrogens is 257 g/mol. The monoisotopic (exact) mass is 269 g/mol. The predicted octanol–water partition coefficient (Wildman–Crippen LogP) is 1.49. The minimum atomic E-state index is -0.467. The Bertz CT molecular complexity index is 774. The molecule has 1 N–H and O–H groups in total. The first-order valence-corrected chi connectivity index (χ1v) is 6.36. The zero-order chi connectivity index (χ0) is 14.1. The lowest BCUT2D eigenvalue weighted by molar-refractivity contribution is 0.589. The van der Waals surface area contributed by atoms with Crippen LogP contribution in [0.4, 0.5) is 4.39 Å². The first-order valence-electron chi connectivity index (χ1n) is 6.36. The van der Waals surface area contributed by atoms with Crippen molar-refractivity contribution >= 4 is 0 Å². The van der Waals surface area contributed by atoms with Gasteiger partial charge in [0.2, 0.25) is 0 Å². The van der Waals surface area contributed by atoms with Gasteiger partial charge in [0.1, 0.15) is 17.4 Å². The standard InChI is InChI=1S/C15H12FN3O/c16-12-3-1-2-4-14(12)19-13-5-6-18-9-11(13)7-10(8-17)15(19)20/h1-4,7,18H,5-6,9H2. The molecule has 3 rings (SSSR count). The Labute approximate surface area is 115 Å². The average molecular weight is 269 g/mol. The molecule has 0 saturated heterocycles. The van der Waals surface area contributed by atoms with E-state index in [1.807, 2.05) is 6.07 Å². The molecule has 0 amide bonds. The molecule has 0 fully saturated rings. The van der Waals surface area contributed by atoms with Gasteiger partial charge >= 0.3 is 0 Å². The van der Waals surface area contributed by atoms with Crippen molar-refractivity contribution in [3.8, 4) is 11.8 Å². The first kappa shape index (κ1) is 12.6. The van der Waals surface area contributed by atoms with Crippen LogP contribution in [0.1, 0.15) is 16.8 Å². The molecule has 0 unspecified atom stereocenters. The summed E-state index contributed by atoms with van der Waals surface area (Å²) in [5.74, 6) is -0.467. The molecule has 5 heteroatoms. The predicted molar refractivity (Wildman–Crippen MR) is 72.1 cm³/mol. The van der Waals surface area contributed by atoms with E-state index in [2.05, 4.69) is 5.32 Å². The summed E-state index contributed by atoms with van der Waals surface area (Å²) in [6.45, 7) is 1.31. The number of aromatic nitrogens is 1. The minimum Gasteiger partial charge on any atom is -0.312 e. The quantitative estimate of drug-likeness (QED) is 0.853. The van der Waals surface area contributed by atoms with Gasteiger partial charge in [0.05, 0.1) is 5.69 Å². The van der Waals surface area contributed by atoms with Crippen LogP contribution in [-0.2, 0) is 13.0 Å². The molecular formula is C15H12FN3O. The zero-order valence-corrected chi connectivity index (χ0v) is 10.7. The highest BCUT2D eigenvalue weighted by molar-refractivity contribution is 5.43. The van der Waals surface area contributed by atoms with E-state index >= 15 is 0 Å². The SMILES string of the molecule is N#Cc1cc2c(n(-c3ccccc3F)c1=O)CCNC2. The van der Waals surface area contributed by atoms with Gasteiger partial charge in [-0.3, -0.25) is 9.36 Å². The summed E-state index contributed by atoms with van der Waals surface area (Å²) in [6, 6.07) is 9.61. The second-order valence-electron chi connectivity index (χ2n) is 4.66. The molecule has 1 aromatic carbocycles. The van der Waals surface area contributed by atoms with Crippen molar-refractivity contribution in [2.75, 3.05) is 6.54 Å². The maximum absolute atomic E-state index is 14.0. The summed E-state index contributed by atoms with van der Waals surface area (Å²) in [7, 11) is 0. The summed E-state index contributed by atoms with van der Waals surface area (Å²) in [5.41, 5.74) is 1.43.